The molecule has 0 aliphatic rings. The van der Waals surface area contributed by atoms with Crippen LogP contribution in [0.3, 0.4) is 0 Å². The van der Waals surface area contributed by atoms with E-state index in [2.05, 4.69) is 17.1 Å². The lowest BCUT2D eigenvalue weighted by Gasteiger charge is -2.15. The second-order valence-electron chi connectivity index (χ2n) is 7.05. The van der Waals surface area contributed by atoms with Crippen molar-refractivity contribution < 1.29 is 19.0 Å². The van der Waals surface area contributed by atoms with E-state index >= 15 is 0 Å². The van der Waals surface area contributed by atoms with E-state index in [-0.39, 0.29) is 5.97 Å². The van der Waals surface area contributed by atoms with Crippen LogP contribution in [-0.2, 0) is 20.7 Å². The summed E-state index contributed by atoms with van der Waals surface area (Å²) < 4.78 is 16.6. The van der Waals surface area contributed by atoms with Crippen LogP contribution in [-0.4, -0.2) is 36.9 Å². The Morgan fingerprint density at radius 3 is 2.34 bits per heavy atom. The molecule has 1 aromatic heterocycles. The van der Waals surface area contributed by atoms with Gasteiger partial charge in [-0.15, -0.1) is 0 Å². The minimum absolute atomic E-state index is 0.331. The smallest absolute Gasteiger partial charge is 0.335 e. The minimum Gasteiger partial charge on any atom is -0.490 e. The highest BCUT2D eigenvalue weighted by molar-refractivity contribution is 5.77. The molecule has 0 N–H and O–H groups in total. The number of carbonyl (C=O) groups excluding carboxylic acids is 1. The number of pyridine rings is 1. The fraction of sp³-hybridized carbons (Fsp3) is 0.259. The lowest BCUT2D eigenvalue weighted by atomic mass is 10.0. The number of benzene rings is 2. The van der Waals surface area contributed by atoms with E-state index in [1.54, 1.807) is 13.1 Å². The largest absolute Gasteiger partial charge is 0.490 e. The monoisotopic (exact) mass is 431 g/mol. The van der Waals surface area contributed by atoms with Gasteiger partial charge < -0.3 is 14.2 Å². The maximum Gasteiger partial charge on any atom is 0.335 e. The summed E-state index contributed by atoms with van der Waals surface area (Å²) in [5, 5.41) is 0. The summed E-state index contributed by atoms with van der Waals surface area (Å²) in [5.74, 6) is 0.422. The van der Waals surface area contributed by atoms with Crippen molar-refractivity contribution in [3.05, 3.63) is 102 Å². The number of hydrogen-bond donors (Lipinski definition) is 0. The molecule has 0 amide bonds. The SMILES string of the molecule is CCOC(=O)C(Cc1ccc(OC/C=C(\c2ccccc2)c2ccccn2)cc1)OCC. The first-order chi connectivity index (χ1) is 15.7. The minimum atomic E-state index is -0.596. The zero-order valence-electron chi connectivity index (χ0n) is 18.6. The first kappa shape index (κ1) is 23.2. The lowest BCUT2D eigenvalue weighted by Crippen LogP contribution is -2.28. The van der Waals surface area contributed by atoms with Gasteiger partial charge in [-0.05, 0) is 55.3 Å². The third kappa shape index (κ3) is 6.79. The van der Waals surface area contributed by atoms with Crippen LogP contribution >= 0.6 is 0 Å². The van der Waals surface area contributed by atoms with E-state index < -0.39 is 6.10 Å². The van der Waals surface area contributed by atoms with Crippen LogP contribution in [0.5, 0.6) is 5.75 Å². The molecule has 0 saturated carbocycles. The molecule has 1 unspecified atom stereocenters. The Morgan fingerprint density at radius 2 is 1.69 bits per heavy atom. The predicted molar refractivity (Wildman–Crippen MR) is 125 cm³/mol. The number of esters is 1. The number of ether oxygens (including phenoxy) is 3. The quantitative estimate of drug-likeness (QED) is 0.395. The van der Waals surface area contributed by atoms with Crippen molar-refractivity contribution in [2.24, 2.45) is 0 Å². The maximum atomic E-state index is 12.1. The van der Waals surface area contributed by atoms with Crippen LogP contribution in [0.25, 0.3) is 5.57 Å². The van der Waals surface area contributed by atoms with Crippen LogP contribution in [0.4, 0.5) is 0 Å². The number of carbonyl (C=O) groups is 1. The normalized spacial score (nSPS) is 12.2. The molecule has 0 spiro atoms. The number of nitrogens with zero attached hydrogens (tertiary/aromatic N) is 1. The van der Waals surface area contributed by atoms with Crippen molar-refractivity contribution in [3.63, 3.8) is 0 Å². The van der Waals surface area contributed by atoms with Crippen LogP contribution in [0, 0.1) is 0 Å². The number of aromatic nitrogens is 1. The van der Waals surface area contributed by atoms with E-state index in [9.17, 15) is 4.79 Å². The Labute approximate surface area is 189 Å². The van der Waals surface area contributed by atoms with Crippen molar-refractivity contribution in [1.82, 2.24) is 4.98 Å². The molecule has 0 aliphatic heterocycles. The fourth-order valence-corrected chi connectivity index (χ4v) is 3.31. The summed E-state index contributed by atoms with van der Waals surface area (Å²) in [6, 6.07) is 23.7. The van der Waals surface area contributed by atoms with Gasteiger partial charge in [0.2, 0.25) is 0 Å². The Kier molecular flexibility index (Phi) is 9.02. The summed E-state index contributed by atoms with van der Waals surface area (Å²) in [5.41, 5.74) is 4.00. The topological polar surface area (TPSA) is 57.7 Å². The number of rotatable bonds is 11. The van der Waals surface area contributed by atoms with Crippen molar-refractivity contribution in [1.29, 1.82) is 0 Å². The Bertz CT molecular complexity index is 944. The number of hydrogen-bond acceptors (Lipinski definition) is 5. The second-order valence-corrected chi connectivity index (χ2v) is 7.05. The molecular weight excluding hydrogens is 402 g/mol. The zero-order chi connectivity index (χ0) is 22.6. The molecule has 0 aliphatic carbocycles. The van der Waals surface area contributed by atoms with Gasteiger partial charge in [-0.3, -0.25) is 4.98 Å². The molecule has 166 valence electrons. The van der Waals surface area contributed by atoms with E-state index in [1.165, 1.54) is 0 Å². The highest BCUT2D eigenvalue weighted by Crippen LogP contribution is 2.22. The molecule has 3 rings (SSSR count). The van der Waals surface area contributed by atoms with Gasteiger partial charge in [0.15, 0.2) is 6.10 Å². The van der Waals surface area contributed by atoms with Gasteiger partial charge >= 0.3 is 5.97 Å². The lowest BCUT2D eigenvalue weighted by molar-refractivity contribution is -0.156. The van der Waals surface area contributed by atoms with Crippen LogP contribution in [0.15, 0.2) is 85.1 Å². The standard InChI is InChI=1S/C27H29NO4/c1-3-30-26(27(29)31-4-2)20-21-13-15-23(16-14-21)32-19-17-24(22-10-6-5-7-11-22)25-12-8-9-18-28-25/h5-18,26H,3-4,19-20H2,1-2H3/b24-17+. The van der Waals surface area contributed by atoms with Crippen molar-refractivity contribution in [2.75, 3.05) is 19.8 Å². The van der Waals surface area contributed by atoms with Crippen LogP contribution in [0.2, 0.25) is 0 Å². The van der Waals surface area contributed by atoms with Gasteiger partial charge in [0, 0.05) is 24.8 Å². The molecule has 0 saturated heterocycles. The molecule has 32 heavy (non-hydrogen) atoms. The van der Waals surface area contributed by atoms with E-state index in [0.717, 1.165) is 28.1 Å². The van der Waals surface area contributed by atoms with Gasteiger partial charge in [-0.2, -0.15) is 0 Å². The molecule has 0 bridgehead atoms. The first-order valence-corrected chi connectivity index (χ1v) is 10.9. The average molecular weight is 432 g/mol. The molecular formula is C27H29NO4. The van der Waals surface area contributed by atoms with Gasteiger partial charge in [0.1, 0.15) is 12.4 Å². The third-order valence-corrected chi connectivity index (χ3v) is 4.82. The molecule has 1 heterocycles. The average Bonchev–Trinajstić information content (AvgIpc) is 2.84. The van der Waals surface area contributed by atoms with Gasteiger partial charge in [-0.1, -0.05) is 48.5 Å². The van der Waals surface area contributed by atoms with Crippen LogP contribution < -0.4 is 4.74 Å². The molecule has 3 aromatic rings. The summed E-state index contributed by atoms with van der Waals surface area (Å²) >= 11 is 0. The van der Waals surface area contributed by atoms with E-state index in [0.29, 0.717) is 26.2 Å². The summed E-state index contributed by atoms with van der Waals surface area (Å²) in [6.07, 6.45) is 3.70. The summed E-state index contributed by atoms with van der Waals surface area (Å²) in [7, 11) is 0. The van der Waals surface area contributed by atoms with E-state index in [1.807, 2.05) is 73.7 Å². The highest BCUT2D eigenvalue weighted by atomic mass is 16.6. The Morgan fingerprint density at radius 1 is 0.938 bits per heavy atom. The van der Waals surface area contributed by atoms with Crippen molar-refractivity contribution in [2.45, 2.75) is 26.4 Å². The summed E-state index contributed by atoms with van der Waals surface area (Å²) in [6.45, 7) is 4.86. The van der Waals surface area contributed by atoms with E-state index in [4.69, 9.17) is 14.2 Å². The molecule has 0 radical (unpaired) electrons. The highest BCUT2D eigenvalue weighted by Gasteiger charge is 2.20. The van der Waals surface area contributed by atoms with Crippen LogP contribution in [0.1, 0.15) is 30.7 Å². The molecule has 2 aromatic carbocycles. The fourth-order valence-electron chi connectivity index (χ4n) is 3.31. The zero-order valence-corrected chi connectivity index (χ0v) is 18.6. The second kappa shape index (κ2) is 12.4. The molecule has 5 heteroatoms. The Balaban J connectivity index is 1.65. The molecule has 5 nitrogen and oxygen atoms in total. The molecule has 1 atom stereocenters. The predicted octanol–water partition coefficient (Wildman–Crippen LogP) is 5.10. The van der Waals surface area contributed by atoms with Crippen molar-refractivity contribution in [3.8, 4) is 5.75 Å². The Hall–Kier alpha value is -3.44. The molecule has 0 fully saturated rings. The van der Waals surface area contributed by atoms with Gasteiger partial charge in [-0.25, -0.2) is 4.79 Å². The summed E-state index contributed by atoms with van der Waals surface area (Å²) in [4.78, 5) is 16.5. The first-order valence-electron chi connectivity index (χ1n) is 10.9. The maximum absolute atomic E-state index is 12.1. The van der Waals surface area contributed by atoms with Gasteiger partial charge in [0.05, 0.1) is 12.3 Å². The third-order valence-electron chi connectivity index (χ3n) is 4.82. The van der Waals surface area contributed by atoms with Gasteiger partial charge in [0.25, 0.3) is 0 Å². The van der Waals surface area contributed by atoms with Crippen molar-refractivity contribution >= 4 is 11.5 Å².